The highest BCUT2D eigenvalue weighted by molar-refractivity contribution is 5.80. The molecule has 0 radical (unpaired) electrons. The highest BCUT2D eigenvalue weighted by Gasteiger charge is 2.04. The van der Waals surface area contributed by atoms with Crippen LogP contribution in [0, 0.1) is 0 Å². The van der Waals surface area contributed by atoms with Crippen LogP contribution in [-0.2, 0) is 4.79 Å². The summed E-state index contributed by atoms with van der Waals surface area (Å²) >= 11 is 0. The van der Waals surface area contributed by atoms with Crippen molar-refractivity contribution in [2.75, 3.05) is 13.0 Å². The number of hydrogen-bond donors (Lipinski definition) is 1. The molecule has 0 aromatic rings. The van der Waals surface area contributed by atoms with E-state index in [2.05, 4.69) is 0 Å². The van der Waals surface area contributed by atoms with Gasteiger partial charge in [-0.05, 0) is 12.9 Å². The predicted octanol–water partition coefficient (Wildman–Crippen LogP) is -0.0611. The van der Waals surface area contributed by atoms with Crippen LogP contribution in [-0.4, -0.2) is 18.8 Å². The first-order valence-corrected chi connectivity index (χ1v) is 1.65. The third-order valence-electron chi connectivity index (χ3n) is 0.445. The fourth-order valence-electron chi connectivity index (χ4n) is 0.219. The molecule has 1 fully saturated rings. The fourth-order valence-corrected chi connectivity index (χ4v) is 0.219. The minimum atomic E-state index is -3.34. The molecule has 0 bridgehead atoms. The summed E-state index contributed by atoms with van der Waals surface area (Å²) in [5.74, 6) is -1.80. The minimum Gasteiger partial charge on any atom is -0.310 e. The summed E-state index contributed by atoms with van der Waals surface area (Å²) in [6.07, 6.45) is -6.65. The van der Waals surface area contributed by atoms with E-state index in [1.54, 1.807) is 0 Å². The molecule has 0 atom stereocenters. The first-order valence-electron chi connectivity index (χ1n) is 6.10. The van der Waals surface area contributed by atoms with Crippen LogP contribution < -0.4 is 5.31 Å². The molecule has 1 aliphatic rings. The SMILES string of the molecule is [2H]N1C([2H])([2H])C(=O)C([2H])([2H])C([2H])([2H])C1([2H])[2H]. The van der Waals surface area contributed by atoms with Crippen LogP contribution in [0.5, 0.6) is 0 Å². The Hall–Kier alpha value is -0.370. The van der Waals surface area contributed by atoms with Gasteiger partial charge < -0.3 is 5.31 Å². The number of nitrogens with one attached hydrogen (secondary N) is 1. The fraction of sp³-hybridized carbons (Fsp3) is 0.800. The van der Waals surface area contributed by atoms with Crippen molar-refractivity contribution in [3.05, 3.63) is 0 Å². The molecule has 7 heavy (non-hydrogen) atoms. The van der Waals surface area contributed by atoms with Gasteiger partial charge in [-0.25, -0.2) is 0 Å². The second-order valence-electron chi connectivity index (χ2n) is 0.915. The van der Waals surface area contributed by atoms with E-state index >= 15 is 0 Å². The summed E-state index contributed by atoms with van der Waals surface area (Å²) in [6.45, 7) is -6.47. The van der Waals surface area contributed by atoms with Crippen LogP contribution in [0.2, 0.25) is 1.41 Å². The number of carbonyl (C=O) groups is 1. The van der Waals surface area contributed by atoms with Crippen LogP contribution in [0.3, 0.4) is 0 Å². The van der Waals surface area contributed by atoms with Crippen LogP contribution in [0.15, 0.2) is 0 Å². The molecule has 1 aliphatic heterocycles. The summed E-state index contributed by atoms with van der Waals surface area (Å²) in [6, 6.07) is 0. The van der Waals surface area contributed by atoms with E-state index < -0.39 is 36.8 Å². The van der Waals surface area contributed by atoms with Crippen molar-refractivity contribution >= 4 is 5.78 Å². The maximum Gasteiger partial charge on any atom is 0.146 e. The van der Waals surface area contributed by atoms with Crippen molar-refractivity contribution in [2.45, 2.75) is 12.7 Å². The van der Waals surface area contributed by atoms with E-state index in [-0.39, 0.29) is 0 Å². The molecule has 0 unspecified atom stereocenters. The number of hydrogen-bond acceptors (Lipinski definition) is 2. The number of carbonyl (C=O) groups excluding carboxylic acids is 1. The van der Waals surface area contributed by atoms with Crippen molar-refractivity contribution in [3.63, 3.8) is 0 Å². The van der Waals surface area contributed by atoms with Gasteiger partial charge in [0.25, 0.3) is 0 Å². The highest BCUT2D eigenvalue weighted by Crippen LogP contribution is 1.92. The summed E-state index contributed by atoms with van der Waals surface area (Å²) in [5.41, 5.74) is 0. The summed E-state index contributed by atoms with van der Waals surface area (Å²) in [5, 5.41) is -0.469. The number of piperidine rings is 1. The molecule has 1 N–H and O–H groups in total. The van der Waals surface area contributed by atoms with Crippen molar-refractivity contribution < 1.29 is 17.2 Å². The van der Waals surface area contributed by atoms with Gasteiger partial charge >= 0.3 is 0 Å². The lowest BCUT2D eigenvalue weighted by molar-refractivity contribution is -0.119. The Labute approximate surface area is 55.6 Å². The predicted molar refractivity (Wildman–Crippen MR) is 27.1 cm³/mol. The quantitative estimate of drug-likeness (QED) is 0.471. The normalized spacial score (nSPS) is 73.1. The van der Waals surface area contributed by atoms with Gasteiger partial charge in [-0.2, -0.15) is 0 Å². The molecule has 0 aromatic heterocycles. The zero-order valence-corrected chi connectivity index (χ0v) is 3.36. The van der Waals surface area contributed by atoms with E-state index in [1.165, 1.54) is 0 Å². The lowest BCUT2D eigenvalue weighted by Gasteiger charge is -2.08. The largest absolute Gasteiger partial charge is 0.310 e. The Kier molecular flexibility index (Phi) is 0.255. The summed E-state index contributed by atoms with van der Waals surface area (Å²) < 4.78 is 64.7. The lowest BCUT2D eigenvalue weighted by Crippen LogP contribution is -2.29. The average molecular weight is 108 g/mol. The molecule has 2 heteroatoms. The van der Waals surface area contributed by atoms with E-state index in [0.29, 0.717) is 0 Å². The molecule has 0 aromatic carbocycles. The van der Waals surface area contributed by atoms with Gasteiger partial charge in [-0.15, -0.1) is 0 Å². The lowest BCUT2D eigenvalue weighted by atomic mass is 10.1. The smallest absolute Gasteiger partial charge is 0.146 e. The number of ketones is 1. The van der Waals surface area contributed by atoms with Crippen molar-refractivity contribution in [2.24, 2.45) is 0 Å². The molecule has 40 valence electrons. The highest BCUT2D eigenvalue weighted by atomic mass is 16.1. The van der Waals surface area contributed by atoms with Crippen molar-refractivity contribution in [1.82, 2.24) is 5.31 Å². The van der Waals surface area contributed by atoms with Gasteiger partial charge in [0, 0.05) is 14.6 Å². The van der Waals surface area contributed by atoms with Crippen LogP contribution >= 0.6 is 0 Å². The standard InChI is InChI=1S/C5H9NO/c7-5-2-1-3-6-4-5/h6H,1-4H2/i1D2,2D2,3D2,4D2/hD. The van der Waals surface area contributed by atoms with E-state index in [4.69, 9.17) is 12.4 Å². The first kappa shape index (κ1) is 0.860. The zero-order chi connectivity index (χ0) is 13.2. The third-order valence-corrected chi connectivity index (χ3v) is 0.445. The molecule has 0 amide bonds. The van der Waals surface area contributed by atoms with Crippen molar-refractivity contribution in [3.8, 4) is 0 Å². The van der Waals surface area contributed by atoms with E-state index in [1.807, 2.05) is 0 Å². The average Bonchev–Trinajstić information content (AvgIpc) is 2.13. The number of rotatable bonds is 0. The van der Waals surface area contributed by atoms with Crippen LogP contribution in [0.25, 0.3) is 0 Å². The van der Waals surface area contributed by atoms with Gasteiger partial charge in [-0.3, -0.25) is 4.79 Å². The Morgan fingerprint density at radius 1 is 2.00 bits per heavy atom. The molecule has 0 aliphatic carbocycles. The molecule has 0 saturated carbocycles. The monoisotopic (exact) mass is 108 g/mol. The van der Waals surface area contributed by atoms with Crippen molar-refractivity contribution in [1.29, 1.82) is 0 Å². The second kappa shape index (κ2) is 2.07. The maximum absolute atomic E-state index is 11.4. The minimum absolute atomic E-state index is 0.469. The van der Waals surface area contributed by atoms with Gasteiger partial charge in [-0.1, -0.05) is 0 Å². The molecular weight excluding hydrogens is 90.1 g/mol. The summed E-state index contributed by atoms with van der Waals surface area (Å²) in [4.78, 5) is 11.4. The Morgan fingerprint density at radius 2 is 2.86 bits per heavy atom. The Morgan fingerprint density at radius 3 is 3.71 bits per heavy atom. The van der Waals surface area contributed by atoms with E-state index in [0.717, 1.165) is 0 Å². The zero-order valence-electron chi connectivity index (χ0n) is 12.4. The van der Waals surface area contributed by atoms with Gasteiger partial charge in [0.1, 0.15) is 7.20 Å². The van der Waals surface area contributed by atoms with Gasteiger partial charge in [0.2, 0.25) is 0 Å². The van der Waals surface area contributed by atoms with Crippen LogP contribution in [0.4, 0.5) is 0 Å². The van der Waals surface area contributed by atoms with Gasteiger partial charge in [0.15, 0.2) is 0 Å². The topological polar surface area (TPSA) is 29.1 Å². The molecular formula is C5H9NO. The molecule has 1 heterocycles. The molecule has 2 nitrogen and oxygen atoms in total. The third kappa shape index (κ3) is 1.27. The first-order chi connectivity index (χ1) is 6.81. The molecule has 1 saturated heterocycles. The molecule has 1 rings (SSSR count). The van der Waals surface area contributed by atoms with Crippen LogP contribution in [0.1, 0.15) is 23.7 Å². The maximum atomic E-state index is 11.4. The van der Waals surface area contributed by atoms with E-state index in [9.17, 15) is 4.79 Å². The second-order valence-corrected chi connectivity index (χ2v) is 0.915. The Bertz CT molecular complexity index is 337. The molecule has 0 spiro atoms. The summed E-state index contributed by atoms with van der Waals surface area (Å²) in [7, 11) is 0. The van der Waals surface area contributed by atoms with Gasteiger partial charge in [0.05, 0.1) is 9.24 Å². The number of Topliss-reactive ketones (excluding diaryl/α,β-unsaturated/α-hetero) is 1. The Balaban J connectivity index is 3.47.